The van der Waals surface area contributed by atoms with Crippen LogP contribution in [0.25, 0.3) is 0 Å². The van der Waals surface area contributed by atoms with Crippen molar-refractivity contribution >= 4 is 18.1 Å². The van der Waals surface area contributed by atoms with Crippen LogP contribution in [0.15, 0.2) is 10.1 Å². The Morgan fingerprint density at radius 3 is 2.78 bits per heavy atom. The van der Waals surface area contributed by atoms with Gasteiger partial charge in [-0.1, -0.05) is 13.8 Å². The van der Waals surface area contributed by atoms with E-state index >= 15 is 0 Å². The van der Waals surface area contributed by atoms with E-state index in [0.717, 1.165) is 64.2 Å². The van der Waals surface area contributed by atoms with Gasteiger partial charge in [0, 0.05) is 6.21 Å². The Morgan fingerprint density at radius 2 is 2.00 bits per heavy atom. The number of hydrogen-bond donors (Lipinski definition) is 4. The number of hydrazone groups is 1. The molecule has 0 aromatic heterocycles. The summed E-state index contributed by atoms with van der Waals surface area (Å²) in [6, 6.07) is 0. The summed E-state index contributed by atoms with van der Waals surface area (Å²) in [6.45, 7) is 5.00. The highest BCUT2D eigenvalue weighted by Gasteiger charge is 2.66. The van der Waals surface area contributed by atoms with Crippen molar-refractivity contribution in [1.29, 1.82) is 0 Å². The molecule has 1 aliphatic heterocycles. The zero-order valence-electron chi connectivity index (χ0n) is 19.6. The molecule has 1 heterocycles. The minimum atomic E-state index is -0.553. The lowest BCUT2D eigenvalue weighted by molar-refractivity contribution is -0.210. The molecule has 7 nitrogen and oxygen atoms in total. The van der Waals surface area contributed by atoms with Gasteiger partial charge >= 0.3 is 0 Å². The lowest BCUT2D eigenvalue weighted by Crippen LogP contribution is -2.62. The molecular formula is C25H40N4O3. The molecule has 4 fully saturated rings. The molecule has 0 spiro atoms. The molecule has 0 aromatic carbocycles. The van der Waals surface area contributed by atoms with Crippen molar-refractivity contribution in [2.45, 2.75) is 96.2 Å². The number of aliphatic imine (C=N–C) groups is 1. The number of nitrogens with one attached hydrogen (secondary N) is 2. The molecule has 0 radical (unpaired) electrons. The van der Waals surface area contributed by atoms with Crippen molar-refractivity contribution in [3.63, 3.8) is 0 Å². The van der Waals surface area contributed by atoms with Crippen LogP contribution >= 0.6 is 0 Å². The standard InChI is InChI=1S/C25H40N4O3/c1-23-10-8-18(30)14-17(23)5-6-20-19(23)9-11-24(2)16(7-12-25(20,24)32)4-3-13-27-29-22-26-15-21(31)28-22/h13,16-20,30,32H,3-12,14-15H2,1-2H3,(H2,26,28,29,31)/b27-13+/t16-,17+,18-,19-,20+,23-,24+,25-/m0/s1. The fourth-order valence-electron chi connectivity index (χ4n) is 8.65. The van der Waals surface area contributed by atoms with Crippen LogP contribution in [0.5, 0.6) is 0 Å². The van der Waals surface area contributed by atoms with E-state index in [1.807, 2.05) is 6.21 Å². The van der Waals surface area contributed by atoms with Gasteiger partial charge in [0.15, 0.2) is 0 Å². The SMILES string of the molecule is C[C@]12CC[C@H](O)C[C@H]1CC[C@@H]1[C@@H]2CC[C@]2(C)[C@@H](CC/C=N/NC3=NCC(=O)N3)CC[C@]12O. The first-order valence-corrected chi connectivity index (χ1v) is 12.8. The number of carbonyl (C=O) groups excluding carboxylic acids is 1. The maximum absolute atomic E-state index is 12.2. The van der Waals surface area contributed by atoms with Gasteiger partial charge in [0.2, 0.25) is 11.9 Å². The molecule has 1 amide bonds. The number of fused-ring (bicyclic) bond motifs is 5. The Kier molecular flexibility index (Phi) is 5.64. The van der Waals surface area contributed by atoms with Gasteiger partial charge in [0.05, 0.1) is 11.7 Å². The number of carbonyl (C=O) groups is 1. The Bertz CT molecular complexity index is 815. The summed E-state index contributed by atoms with van der Waals surface area (Å²) in [5.41, 5.74) is 2.52. The van der Waals surface area contributed by atoms with Gasteiger partial charge in [-0.05, 0) is 105 Å². The largest absolute Gasteiger partial charge is 0.393 e. The monoisotopic (exact) mass is 444 g/mol. The smallest absolute Gasteiger partial charge is 0.248 e. The fourth-order valence-corrected chi connectivity index (χ4v) is 8.65. The first-order valence-electron chi connectivity index (χ1n) is 12.8. The number of aliphatic hydroxyl groups excluding tert-OH is 1. The van der Waals surface area contributed by atoms with Gasteiger partial charge in [-0.15, -0.1) is 0 Å². The molecule has 4 N–H and O–H groups in total. The zero-order chi connectivity index (χ0) is 22.6. The number of rotatable bonds is 4. The molecule has 0 unspecified atom stereocenters. The summed E-state index contributed by atoms with van der Waals surface area (Å²) in [4.78, 5) is 15.2. The first-order chi connectivity index (χ1) is 15.3. The number of aliphatic hydroxyl groups is 2. The average molecular weight is 445 g/mol. The number of nitrogens with zero attached hydrogens (tertiary/aromatic N) is 2. The van der Waals surface area contributed by atoms with Crippen molar-refractivity contribution in [2.24, 2.45) is 44.6 Å². The van der Waals surface area contributed by atoms with Gasteiger partial charge in [0.25, 0.3) is 0 Å². The molecule has 8 atom stereocenters. The average Bonchev–Trinajstić information content (AvgIpc) is 3.29. The third kappa shape index (κ3) is 3.42. The lowest BCUT2D eigenvalue weighted by Gasteiger charge is -2.63. The van der Waals surface area contributed by atoms with E-state index in [2.05, 4.69) is 34.7 Å². The summed E-state index contributed by atoms with van der Waals surface area (Å²) in [5, 5.41) is 29.3. The predicted octanol–water partition coefficient (Wildman–Crippen LogP) is 2.96. The topological polar surface area (TPSA) is 106 Å². The molecule has 4 aliphatic carbocycles. The van der Waals surface area contributed by atoms with Crippen molar-refractivity contribution in [3.05, 3.63) is 0 Å². The normalized spacial score (nSPS) is 48.1. The summed E-state index contributed by atoms with van der Waals surface area (Å²) in [6.07, 6.45) is 13.3. The van der Waals surface area contributed by atoms with Crippen LogP contribution in [-0.4, -0.2) is 46.5 Å². The van der Waals surface area contributed by atoms with Crippen molar-refractivity contribution in [3.8, 4) is 0 Å². The highest BCUT2D eigenvalue weighted by atomic mass is 16.3. The summed E-state index contributed by atoms with van der Waals surface area (Å²) in [7, 11) is 0. The van der Waals surface area contributed by atoms with Crippen LogP contribution in [0.4, 0.5) is 0 Å². The summed E-state index contributed by atoms with van der Waals surface area (Å²) in [5.74, 6) is 2.45. The molecule has 0 saturated heterocycles. The number of amides is 1. The molecule has 5 aliphatic rings. The third-order valence-electron chi connectivity index (χ3n) is 10.6. The van der Waals surface area contributed by atoms with Crippen LogP contribution in [0.3, 0.4) is 0 Å². The van der Waals surface area contributed by atoms with Crippen LogP contribution in [0, 0.1) is 34.5 Å². The highest BCUT2D eigenvalue weighted by molar-refractivity contribution is 6.02. The van der Waals surface area contributed by atoms with E-state index in [1.54, 1.807) is 0 Å². The Morgan fingerprint density at radius 1 is 1.16 bits per heavy atom. The zero-order valence-corrected chi connectivity index (χ0v) is 19.6. The summed E-state index contributed by atoms with van der Waals surface area (Å²) >= 11 is 0. The second-order valence-electron chi connectivity index (χ2n) is 11.8. The van der Waals surface area contributed by atoms with E-state index in [0.29, 0.717) is 29.6 Å². The van der Waals surface area contributed by atoms with E-state index in [1.165, 1.54) is 6.42 Å². The molecule has 32 heavy (non-hydrogen) atoms. The van der Waals surface area contributed by atoms with E-state index in [-0.39, 0.29) is 29.4 Å². The lowest BCUT2D eigenvalue weighted by atomic mass is 9.43. The maximum Gasteiger partial charge on any atom is 0.248 e. The highest BCUT2D eigenvalue weighted by Crippen LogP contribution is 2.69. The van der Waals surface area contributed by atoms with Gasteiger partial charge in [-0.2, -0.15) is 5.10 Å². The van der Waals surface area contributed by atoms with Crippen molar-refractivity contribution in [1.82, 2.24) is 10.7 Å². The number of hydrogen-bond acceptors (Lipinski definition) is 6. The Balaban J connectivity index is 1.23. The van der Waals surface area contributed by atoms with Crippen LogP contribution in [-0.2, 0) is 4.79 Å². The predicted molar refractivity (Wildman–Crippen MR) is 124 cm³/mol. The van der Waals surface area contributed by atoms with Crippen LogP contribution < -0.4 is 10.7 Å². The van der Waals surface area contributed by atoms with Gasteiger partial charge in [-0.25, -0.2) is 10.4 Å². The molecule has 4 saturated carbocycles. The van der Waals surface area contributed by atoms with Crippen LogP contribution in [0.2, 0.25) is 0 Å². The summed E-state index contributed by atoms with van der Waals surface area (Å²) < 4.78 is 0. The second-order valence-corrected chi connectivity index (χ2v) is 11.8. The molecule has 0 aromatic rings. The minimum Gasteiger partial charge on any atom is -0.393 e. The van der Waals surface area contributed by atoms with Gasteiger partial charge < -0.3 is 10.2 Å². The molecule has 0 bridgehead atoms. The number of guanidine groups is 1. The van der Waals surface area contributed by atoms with Crippen LogP contribution in [0.1, 0.15) is 84.5 Å². The van der Waals surface area contributed by atoms with E-state index in [4.69, 9.17) is 0 Å². The minimum absolute atomic E-state index is 0.0175. The second kappa shape index (κ2) is 8.08. The van der Waals surface area contributed by atoms with Gasteiger partial charge in [-0.3, -0.25) is 10.1 Å². The molecular weight excluding hydrogens is 404 g/mol. The van der Waals surface area contributed by atoms with E-state index in [9.17, 15) is 15.0 Å². The van der Waals surface area contributed by atoms with Crippen molar-refractivity contribution < 1.29 is 15.0 Å². The maximum atomic E-state index is 12.2. The third-order valence-corrected chi connectivity index (χ3v) is 10.6. The quantitative estimate of drug-likeness (QED) is 0.395. The fraction of sp³-hybridized carbons (Fsp3) is 0.880. The molecule has 178 valence electrons. The van der Waals surface area contributed by atoms with Gasteiger partial charge in [0.1, 0.15) is 6.54 Å². The van der Waals surface area contributed by atoms with Crippen molar-refractivity contribution in [2.75, 3.05) is 6.54 Å². The molecule has 5 rings (SSSR count). The Hall–Kier alpha value is -1.47. The molecule has 7 heteroatoms. The Labute approximate surface area is 191 Å². The van der Waals surface area contributed by atoms with E-state index < -0.39 is 5.60 Å². The first kappa shape index (κ1) is 22.3.